The van der Waals surface area contributed by atoms with Crippen molar-refractivity contribution in [2.75, 3.05) is 6.54 Å². The fraction of sp³-hybridized carbons (Fsp3) is 1.00. The average Bonchev–Trinajstić information content (AvgIpc) is 2.01. The van der Waals surface area contributed by atoms with Gasteiger partial charge in [-0.15, -0.1) is 0 Å². The first-order valence-corrected chi connectivity index (χ1v) is 5.97. The largest absolute Gasteiger partial charge is 0.314 e. The van der Waals surface area contributed by atoms with Gasteiger partial charge in [0, 0.05) is 6.04 Å². The Kier molecular flexibility index (Phi) is 4.79. The van der Waals surface area contributed by atoms with E-state index in [-0.39, 0.29) is 0 Å². The first kappa shape index (κ1) is 11.0. The quantitative estimate of drug-likeness (QED) is 0.667. The van der Waals surface area contributed by atoms with Crippen LogP contribution < -0.4 is 5.32 Å². The summed E-state index contributed by atoms with van der Waals surface area (Å²) in [6.45, 7) is 8.27. The van der Waals surface area contributed by atoms with Gasteiger partial charge in [0.15, 0.2) is 0 Å². The molecule has 2 unspecified atom stereocenters. The van der Waals surface area contributed by atoms with Crippen LogP contribution in [-0.4, -0.2) is 12.6 Å². The summed E-state index contributed by atoms with van der Waals surface area (Å²) in [6.07, 6.45) is 6.97. The first-order chi connectivity index (χ1) is 6.24. The van der Waals surface area contributed by atoms with Gasteiger partial charge in [0.05, 0.1) is 0 Å². The average molecular weight is 183 g/mol. The Morgan fingerprint density at radius 2 is 1.92 bits per heavy atom. The van der Waals surface area contributed by atoms with Crippen molar-refractivity contribution in [3.8, 4) is 0 Å². The molecule has 1 aliphatic carbocycles. The van der Waals surface area contributed by atoms with Crippen LogP contribution in [0.5, 0.6) is 0 Å². The van der Waals surface area contributed by atoms with Crippen LogP contribution in [0.2, 0.25) is 0 Å². The summed E-state index contributed by atoms with van der Waals surface area (Å²) >= 11 is 0. The minimum atomic E-state index is 0.848. The Morgan fingerprint density at radius 3 is 2.38 bits per heavy atom. The van der Waals surface area contributed by atoms with Gasteiger partial charge in [0.25, 0.3) is 0 Å². The number of hydrogen-bond donors (Lipinski definition) is 1. The van der Waals surface area contributed by atoms with E-state index < -0.39 is 0 Å². The van der Waals surface area contributed by atoms with Crippen LogP contribution in [0.15, 0.2) is 0 Å². The summed E-state index contributed by atoms with van der Waals surface area (Å²) in [6, 6.07) is 0.858. The molecule has 0 bridgehead atoms. The van der Waals surface area contributed by atoms with Crippen molar-refractivity contribution >= 4 is 0 Å². The van der Waals surface area contributed by atoms with Gasteiger partial charge in [-0.1, -0.05) is 40.0 Å². The van der Waals surface area contributed by atoms with Gasteiger partial charge in [-0.05, 0) is 31.2 Å². The molecule has 0 aromatic heterocycles. The maximum Gasteiger partial charge on any atom is 0.00671 e. The molecule has 0 aromatic carbocycles. The monoisotopic (exact) mass is 183 g/mol. The normalized spacial score (nSPS) is 22.4. The molecule has 1 fully saturated rings. The van der Waals surface area contributed by atoms with Crippen molar-refractivity contribution in [1.82, 2.24) is 5.32 Å². The lowest BCUT2D eigenvalue weighted by Crippen LogP contribution is -2.38. The van der Waals surface area contributed by atoms with Crippen LogP contribution in [0.1, 0.15) is 52.9 Å². The third-order valence-electron chi connectivity index (χ3n) is 3.55. The summed E-state index contributed by atoms with van der Waals surface area (Å²) < 4.78 is 0. The molecule has 0 amide bonds. The second-order valence-corrected chi connectivity index (χ2v) is 4.78. The third kappa shape index (κ3) is 3.68. The molecule has 2 atom stereocenters. The van der Waals surface area contributed by atoms with E-state index in [0.717, 1.165) is 17.9 Å². The zero-order valence-corrected chi connectivity index (χ0v) is 9.47. The molecule has 0 spiro atoms. The molecule has 78 valence electrons. The maximum absolute atomic E-state index is 3.66. The zero-order valence-electron chi connectivity index (χ0n) is 9.47. The predicted molar refractivity (Wildman–Crippen MR) is 58.9 cm³/mol. The van der Waals surface area contributed by atoms with Gasteiger partial charge < -0.3 is 5.32 Å². The molecule has 0 heterocycles. The van der Waals surface area contributed by atoms with Gasteiger partial charge in [-0.3, -0.25) is 0 Å². The third-order valence-corrected chi connectivity index (χ3v) is 3.55. The van der Waals surface area contributed by atoms with Crippen molar-refractivity contribution in [1.29, 1.82) is 0 Å². The minimum Gasteiger partial charge on any atom is -0.314 e. The van der Waals surface area contributed by atoms with Crippen molar-refractivity contribution in [3.05, 3.63) is 0 Å². The molecule has 0 radical (unpaired) electrons. The minimum absolute atomic E-state index is 0.848. The Bertz CT molecular complexity index is 129. The molecule has 1 N–H and O–H groups in total. The van der Waals surface area contributed by atoms with E-state index in [4.69, 9.17) is 0 Å². The van der Waals surface area contributed by atoms with Crippen molar-refractivity contribution in [2.45, 2.75) is 58.9 Å². The number of rotatable bonds is 6. The van der Waals surface area contributed by atoms with E-state index in [1.54, 1.807) is 0 Å². The van der Waals surface area contributed by atoms with Crippen LogP contribution >= 0.6 is 0 Å². The van der Waals surface area contributed by atoms with Crippen molar-refractivity contribution < 1.29 is 0 Å². The first-order valence-electron chi connectivity index (χ1n) is 5.97. The molecule has 1 nitrogen and oxygen atoms in total. The molecule has 0 aromatic rings. The van der Waals surface area contributed by atoms with Crippen molar-refractivity contribution in [3.63, 3.8) is 0 Å². The van der Waals surface area contributed by atoms with Crippen LogP contribution in [-0.2, 0) is 0 Å². The summed E-state index contributed by atoms with van der Waals surface area (Å²) in [5, 5.41) is 3.66. The van der Waals surface area contributed by atoms with E-state index in [0.29, 0.717) is 0 Å². The molecule has 0 saturated heterocycles. The van der Waals surface area contributed by atoms with E-state index in [2.05, 4.69) is 26.1 Å². The summed E-state index contributed by atoms with van der Waals surface area (Å²) in [7, 11) is 0. The highest BCUT2D eigenvalue weighted by Crippen LogP contribution is 2.20. The van der Waals surface area contributed by atoms with E-state index in [1.165, 1.54) is 38.6 Å². The standard InChI is InChI=1S/C12H25N/c1-4-6-10(2)11(3)9-13-12-7-5-8-12/h10-13H,4-9H2,1-3H3. The van der Waals surface area contributed by atoms with Gasteiger partial charge >= 0.3 is 0 Å². The highest BCUT2D eigenvalue weighted by atomic mass is 14.9. The summed E-state index contributed by atoms with van der Waals surface area (Å²) in [5.41, 5.74) is 0. The van der Waals surface area contributed by atoms with Gasteiger partial charge in [0.2, 0.25) is 0 Å². The lowest BCUT2D eigenvalue weighted by Gasteiger charge is -2.29. The summed E-state index contributed by atoms with van der Waals surface area (Å²) in [4.78, 5) is 0. The lowest BCUT2D eigenvalue weighted by molar-refractivity contribution is 0.282. The smallest absolute Gasteiger partial charge is 0.00671 e. The highest BCUT2D eigenvalue weighted by Gasteiger charge is 2.18. The number of hydrogen-bond acceptors (Lipinski definition) is 1. The van der Waals surface area contributed by atoms with Crippen molar-refractivity contribution in [2.24, 2.45) is 11.8 Å². The lowest BCUT2D eigenvalue weighted by atomic mass is 9.89. The molecule has 1 heteroatoms. The highest BCUT2D eigenvalue weighted by molar-refractivity contribution is 4.77. The molecule has 13 heavy (non-hydrogen) atoms. The van der Waals surface area contributed by atoms with Gasteiger partial charge in [0.1, 0.15) is 0 Å². The fourth-order valence-electron chi connectivity index (χ4n) is 1.91. The second-order valence-electron chi connectivity index (χ2n) is 4.78. The Hall–Kier alpha value is -0.0400. The molecular weight excluding hydrogens is 158 g/mol. The topological polar surface area (TPSA) is 12.0 Å². The molecular formula is C12H25N. The predicted octanol–water partition coefficient (Wildman–Crippen LogP) is 3.20. The van der Waals surface area contributed by atoms with E-state index >= 15 is 0 Å². The Labute approximate surface area is 83.3 Å². The van der Waals surface area contributed by atoms with Gasteiger partial charge in [-0.2, -0.15) is 0 Å². The van der Waals surface area contributed by atoms with Crippen LogP contribution in [0.4, 0.5) is 0 Å². The Morgan fingerprint density at radius 1 is 1.23 bits per heavy atom. The Balaban J connectivity index is 2.04. The fourth-order valence-corrected chi connectivity index (χ4v) is 1.91. The van der Waals surface area contributed by atoms with Crippen LogP contribution in [0.25, 0.3) is 0 Å². The van der Waals surface area contributed by atoms with Crippen LogP contribution in [0, 0.1) is 11.8 Å². The van der Waals surface area contributed by atoms with E-state index in [9.17, 15) is 0 Å². The molecule has 1 aliphatic rings. The van der Waals surface area contributed by atoms with Gasteiger partial charge in [-0.25, -0.2) is 0 Å². The van der Waals surface area contributed by atoms with Crippen LogP contribution in [0.3, 0.4) is 0 Å². The molecule has 1 rings (SSSR count). The maximum atomic E-state index is 3.66. The number of nitrogens with one attached hydrogen (secondary N) is 1. The SMILES string of the molecule is CCCC(C)C(C)CNC1CCC1. The molecule has 0 aliphatic heterocycles. The molecule has 1 saturated carbocycles. The second kappa shape index (κ2) is 5.64. The van der Waals surface area contributed by atoms with E-state index in [1.807, 2.05) is 0 Å². The summed E-state index contributed by atoms with van der Waals surface area (Å²) in [5.74, 6) is 1.73. The zero-order chi connectivity index (χ0) is 9.68.